The summed E-state index contributed by atoms with van der Waals surface area (Å²) in [5.41, 5.74) is 8.13. The van der Waals surface area contributed by atoms with Crippen molar-refractivity contribution >= 4 is 11.6 Å². The number of carbonyl (C=O) groups excluding carboxylic acids is 1. The van der Waals surface area contributed by atoms with Crippen molar-refractivity contribution in [2.24, 2.45) is 0 Å². The average molecular weight is 247 g/mol. The van der Waals surface area contributed by atoms with Crippen LogP contribution in [0.4, 0.5) is 5.69 Å². The van der Waals surface area contributed by atoms with E-state index in [9.17, 15) is 4.79 Å². The molecule has 4 nitrogen and oxygen atoms in total. The molecule has 1 aromatic carbocycles. The van der Waals surface area contributed by atoms with Crippen LogP contribution in [-0.2, 0) is 0 Å². The molecule has 1 aromatic rings. The second-order valence-corrected chi connectivity index (χ2v) is 5.16. The predicted octanol–water partition coefficient (Wildman–Crippen LogP) is 1.35. The Morgan fingerprint density at radius 2 is 2.11 bits per heavy atom. The number of piperazine rings is 1. The van der Waals surface area contributed by atoms with Crippen molar-refractivity contribution in [1.82, 2.24) is 9.80 Å². The zero-order chi connectivity index (χ0) is 13.3. The van der Waals surface area contributed by atoms with Gasteiger partial charge < -0.3 is 15.5 Å². The Morgan fingerprint density at radius 1 is 1.39 bits per heavy atom. The number of likely N-dealkylation sites (N-methyl/N-ethyl adjacent to an activating group) is 1. The lowest BCUT2D eigenvalue weighted by Crippen LogP contribution is -2.52. The van der Waals surface area contributed by atoms with E-state index in [0.29, 0.717) is 11.7 Å². The number of amides is 1. The summed E-state index contributed by atoms with van der Waals surface area (Å²) < 4.78 is 0. The number of nitrogen functional groups attached to an aromatic ring is 1. The Kier molecular flexibility index (Phi) is 3.57. The van der Waals surface area contributed by atoms with E-state index in [1.165, 1.54) is 0 Å². The van der Waals surface area contributed by atoms with Crippen LogP contribution >= 0.6 is 0 Å². The number of hydrogen-bond donors (Lipinski definition) is 1. The molecule has 2 rings (SSSR count). The number of hydrogen-bond acceptors (Lipinski definition) is 3. The van der Waals surface area contributed by atoms with Crippen LogP contribution in [-0.4, -0.2) is 48.4 Å². The summed E-state index contributed by atoms with van der Waals surface area (Å²) >= 11 is 0. The standard InChI is InChI=1S/C14H21N3O/c1-10-4-5-12(15)8-13(10)14(18)17-7-6-16(3)11(2)9-17/h4-5,8,11H,6-7,9,15H2,1-3H3. The van der Waals surface area contributed by atoms with Crippen LogP contribution in [0.1, 0.15) is 22.8 Å². The Balaban J connectivity index is 2.19. The van der Waals surface area contributed by atoms with Crippen molar-refractivity contribution in [2.45, 2.75) is 19.9 Å². The summed E-state index contributed by atoms with van der Waals surface area (Å²) in [5.74, 6) is 0.0970. The maximum Gasteiger partial charge on any atom is 0.254 e. The predicted molar refractivity (Wildman–Crippen MR) is 73.6 cm³/mol. The van der Waals surface area contributed by atoms with E-state index < -0.39 is 0 Å². The van der Waals surface area contributed by atoms with Crippen molar-refractivity contribution in [3.63, 3.8) is 0 Å². The van der Waals surface area contributed by atoms with E-state index in [4.69, 9.17) is 5.73 Å². The maximum atomic E-state index is 12.5. The molecule has 2 N–H and O–H groups in total. The highest BCUT2D eigenvalue weighted by atomic mass is 16.2. The van der Waals surface area contributed by atoms with Gasteiger partial charge in [-0.3, -0.25) is 4.79 Å². The third-order valence-electron chi connectivity index (χ3n) is 3.74. The normalized spacial score (nSPS) is 21.1. The molecule has 1 unspecified atom stereocenters. The molecule has 1 heterocycles. The molecule has 4 heteroatoms. The van der Waals surface area contributed by atoms with Crippen LogP contribution in [0.5, 0.6) is 0 Å². The number of aryl methyl sites for hydroxylation is 1. The Morgan fingerprint density at radius 3 is 2.78 bits per heavy atom. The first-order chi connectivity index (χ1) is 8.49. The van der Waals surface area contributed by atoms with Gasteiger partial charge in [-0.15, -0.1) is 0 Å². The SMILES string of the molecule is Cc1ccc(N)cc1C(=O)N1CCN(C)C(C)C1. The van der Waals surface area contributed by atoms with E-state index in [0.717, 1.165) is 30.8 Å². The fraction of sp³-hybridized carbons (Fsp3) is 0.500. The van der Waals surface area contributed by atoms with Crippen molar-refractivity contribution in [3.8, 4) is 0 Å². The van der Waals surface area contributed by atoms with Gasteiger partial charge in [0.2, 0.25) is 0 Å². The Hall–Kier alpha value is -1.55. The van der Waals surface area contributed by atoms with E-state index in [1.807, 2.05) is 24.0 Å². The number of carbonyl (C=O) groups is 1. The summed E-state index contributed by atoms with van der Waals surface area (Å²) in [4.78, 5) is 16.7. The van der Waals surface area contributed by atoms with Gasteiger partial charge in [-0.2, -0.15) is 0 Å². The third-order valence-corrected chi connectivity index (χ3v) is 3.74. The van der Waals surface area contributed by atoms with Crippen LogP contribution < -0.4 is 5.73 Å². The molecule has 1 saturated heterocycles. The lowest BCUT2D eigenvalue weighted by molar-refractivity contribution is 0.0572. The number of nitrogens with zero attached hydrogens (tertiary/aromatic N) is 2. The van der Waals surface area contributed by atoms with Crippen molar-refractivity contribution in [2.75, 3.05) is 32.4 Å². The van der Waals surface area contributed by atoms with Gasteiger partial charge in [0.15, 0.2) is 0 Å². The Bertz CT molecular complexity index is 458. The fourth-order valence-corrected chi connectivity index (χ4v) is 2.27. The molecule has 0 bridgehead atoms. The minimum absolute atomic E-state index is 0.0970. The number of anilines is 1. The molecule has 18 heavy (non-hydrogen) atoms. The van der Waals surface area contributed by atoms with Gasteiger partial charge in [0, 0.05) is 36.9 Å². The van der Waals surface area contributed by atoms with Crippen LogP contribution in [0.15, 0.2) is 18.2 Å². The minimum atomic E-state index is 0.0970. The Labute approximate surface area is 108 Å². The first-order valence-corrected chi connectivity index (χ1v) is 6.34. The molecular formula is C14H21N3O. The first kappa shape index (κ1) is 12.9. The molecule has 0 saturated carbocycles. The lowest BCUT2D eigenvalue weighted by Gasteiger charge is -2.37. The van der Waals surface area contributed by atoms with Gasteiger partial charge in [-0.1, -0.05) is 6.07 Å². The lowest BCUT2D eigenvalue weighted by atomic mass is 10.1. The number of nitrogens with two attached hydrogens (primary N) is 1. The van der Waals surface area contributed by atoms with Crippen LogP contribution in [0.25, 0.3) is 0 Å². The van der Waals surface area contributed by atoms with Gasteiger partial charge in [-0.25, -0.2) is 0 Å². The smallest absolute Gasteiger partial charge is 0.254 e. The molecule has 98 valence electrons. The molecule has 0 radical (unpaired) electrons. The molecule has 1 aliphatic rings. The highest BCUT2D eigenvalue weighted by Crippen LogP contribution is 2.17. The molecule has 0 spiro atoms. The zero-order valence-corrected chi connectivity index (χ0v) is 11.3. The topological polar surface area (TPSA) is 49.6 Å². The molecule has 0 aromatic heterocycles. The van der Waals surface area contributed by atoms with E-state index in [-0.39, 0.29) is 5.91 Å². The second kappa shape index (κ2) is 4.98. The highest BCUT2D eigenvalue weighted by molar-refractivity contribution is 5.96. The van der Waals surface area contributed by atoms with Gasteiger partial charge in [0.1, 0.15) is 0 Å². The highest BCUT2D eigenvalue weighted by Gasteiger charge is 2.25. The molecule has 1 atom stereocenters. The molecule has 1 aliphatic heterocycles. The summed E-state index contributed by atoms with van der Waals surface area (Å²) in [6.07, 6.45) is 0. The minimum Gasteiger partial charge on any atom is -0.399 e. The average Bonchev–Trinajstić information content (AvgIpc) is 2.35. The summed E-state index contributed by atoms with van der Waals surface area (Å²) in [6.45, 7) is 6.59. The van der Waals surface area contributed by atoms with Gasteiger partial charge in [-0.05, 0) is 38.6 Å². The number of benzene rings is 1. The van der Waals surface area contributed by atoms with Crippen molar-refractivity contribution in [3.05, 3.63) is 29.3 Å². The largest absolute Gasteiger partial charge is 0.399 e. The van der Waals surface area contributed by atoms with Gasteiger partial charge in [0.05, 0.1) is 0 Å². The molecular weight excluding hydrogens is 226 g/mol. The monoisotopic (exact) mass is 247 g/mol. The fourth-order valence-electron chi connectivity index (χ4n) is 2.27. The summed E-state index contributed by atoms with van der Waals surface area (Å²) in [5, 5.41) is 0. The first-order valence-electron chi connectivity index (χ1n) is 6.34. The molecule has 1 fully saturated rings. The number of rotatable bonds is 1. The third kappa shape index (κ3) is 2.48. The summed E-state index contributed by atoms with van der Waals surface area (Å²) in [7, 11) is 2.10. The van der Waals surface area contributed by atoms with Gasteiger partial charge >= 0.3 is 0 Å². The van der Waals surface area contributed by atoms with Crippen molar-refractivity contribution < 1.29 is 4.79 Å². The van der Waals surface area contributed by atoms with Crippen LogP contribution in [0.2, 0.25) is 0 Å². The quantitative estimate of drug-likeness (QED) is 0.762. The molecule has 1 amide bonds. The van der Waals surface area contributed by atoms with Crippen LogP contribution in [0, 0.1) is 6.92 Å². The van der Waals surface area contributed by atoms with Crippen molar-refractivity contribution in [1.29, 1.82) is 0 Å². The van der Waals surface area contributed by atoms with E-state index >= 15 is 0 Å². The van der Waals surface area contributed by atoms with Gasteiger partial charge in [0.25, 0.3) is 5.91 Å². The molecule has 0 aliphatic carbocycles. The van der Waals surface area contributed by atoms with E-state index in [2.05, 4.69) is 18.9 Å². The summed E-state index contributed by atoms with van der Waals surface area (Å²) in [6, 6.07) is 5.92. The van der Waals surface area contributed by atoms with Crippen LogP contribution in [0.3, 0.4) is 0 Å². The zero-order valence-electron chi connectivity index (χ0n) is 11.3. The maximum absolute atomic E-state index is 12.5. The van der Waals surface area contributed by atoms with E-state index in [1.54, 1.807) is 6.07 Å². The second-order valence-electron chi connectivity index (χ2n) is 5.16.